The van der Waals surface area contributed by atoms with Crippen molar-refractivity contribution in [2.45, 2.75) is 20.0 Å². The first kappa shape index (κ1) is 13.8. The number of carbonyl (C=O) groups is 1. The number of aromatic carboxylic acids is 1. The Bertz CT molecular complexity index is 610. The Kier molecular flexibility index (Phi) is 4.07. The maximum Gasteiger partial charge on any atom is 0.365 e. The summed E-state index contributed by atoms with van der Waals surface area (Å²) in [5.74, 6) is -0.412. The molecule has 0 saturated carbocycles. The predicted molar refractivity (Wildman–Crippen MR) is 75.3 cm³/mol. The minimum atomic E-state index is -1.03. The third-order valence-corrected chi connectivity index (χ3v) is 3.60. The number of nitrogens with zero attached hydrogens (tertiary/aromatic N) is 1. The zero-order valence-corrected chi connectivity index (χ0v) is 12.0. The number of carboxylic acid groups (broad SMARTS) is 1. The molecule has 0 amide bonds. The molecule has 6 heteroatoms. The van der Waals surface area contributed by atoms with Crippen molar-refractivity contribution in [2.24, 2.45) is 0 Å². The quantitative estimate of drug-likeness (QED) is 0.928. The van der Waals surface area contributed by atoms with E-state index in [9.17, 15) is 4.79 Å². The molecule has 4 nitrogen and oxygen atoms in total. The Morgan fingerprint density at radius 1 is 1.47 bits per heavy atom. The smallest absolute Gasteiger partial charge is 0.365 e. The van der Waals surface area contributed by atoms with Gasteiger partial charge in [0, 0.05) is 6.20 Å². The second-order valence-electron chi connectivity index (χ2n) is 4.15. The van der Waals surface area contributed by atoms with Crippen molar-refractivity contribution in [3.05, 3.63) is 34.4 Å². The number of hydrogen-bond donors (Lipinski definition) is 1. The number of ether oxygens (including phenoxy) is 1. The van der Waals surface area contributed by atoms with Gasteiger partial charge in [0.1, 0.15) is 5.75 Å². The molecule has 0 aliphatic carbocycles. The molecule has 2 aromatic rings. The van der Waals surface area contributed by atoms with Gasteiger partial charge >= 0.3 is 5.97 Å². The molecule has 19 heavy (non-hydrogen) atoms. The van der Waals surface area contributed by atoms with Gasteiger partial charge in [-0.3, -0.25) is 0 Å². The summed E-state index contributed by atoms with van der Waals surface area (Å²) in [4.78, 5) is 15.4. The average Bonchev–Trinajstić information content (AvgIpc) is 2.80. The molecule has 0 unspecified atom stereocenters. The van der Waals surface area contributed by atoms with Crippen LogP contribution in [0.25, 0.3) is 10.4 Å². The van der Waals surface area contributed by atoms with E-state index >= 15 is 0 Å². The van der Waals surface area contributed by atoms with Crippen molar-refractivity contribution in [2.75, 3.05) is 0 Å². The molecule has 1 aromatic heterocycles. The van der Waals surface area contributed by atoms with E-state index in [1.54, 1.807) is 12.1 Å². The van der Waals surface area contributed by atoms with E-state index in [1.807, 2.05) is 19.9 Å². The number of thiazole rings is 1. The van der Waals surface area contributed by atoms with Crippen LogP contribution in [-0.2, 0) is 0 Å². The number of aromatic nitrogens is 1. The number of halogens is 1. The van der Waals surface area contributed by atoms with Crippen LogP contribution in [0.2, 0.25) is 5.02 Å². The highest BCUT2D eigenvalue weighted by atomic mass is 35.5. The van der Waals surface area contributed by atoms with Crippen LogP contribution >= 0.6 is 22.9 Å². The van der Waals surface area contributed by atoms with Crippen LogP contribution in [-0.4, -0.2) is 22.2 Å². The maximum atomic E-state index is 10.8. The monoisotopic (exact) mass is 297 g/mol. The van der Waals surface area contributed by atoms with E-state index in [4.69, 9.17) is 21.4 Å². The summed E-state index contributed by atoms with van der Waals surface area (Å²) in [7, 11) is 0. The lowest BCUT2D eigenvalue weighted by Crippen LogP contribution is -2.05. The average molecular weight is 298 g/mol. The molecule has 1 heterocycles. The first-order valence-corrected chi connectivity index (χ1v) is 6.82. The summed E-state index contributed by atoms with van der Waals surface area (Å²) in [5.41, 5.74) is 0.825. The summed E-state index contributed by atoms with van der Waals surface area (Å²) in [6, 6.07) is 5.36. The molecule has 0 saturated heterocycles. The molecule has 0 fully saturated rings. The Morgan fingerprint density at radius 3 is 2.74 bits per heavy atom. The van der Waals surface area contributed by atoms with Gasteiger partial charge in [-0.25, -0.2) is 9.78 Å². The van der Waals surface area contributed by atoms with Crippen molar-refractivity contribution in [1.29, 1.82) is 0 Å². The first-order chi connectivity index (χ1) is 8.97. The van der Waals surface area contributed by atoms with Crippen molar-refractivity contribution in [3.8, 4) is 16.2 Å². The Balaban J connectivity index is 2.30. The lowest BCUT2D eigenvalue weighted by Gasteiger charge is -2.11. The normalized spacial score (nSPS) is 10.7. The van der Waals surface area contributed by atoms with Crippen LogP contribution in [0, 0.1) is 0 Å². The van der Waals surface area contributed by atoms with Gasteiger partial charge in [0.2, 0.25) is 5.01 Å². The minimum absolute atomic E-state index is 0.0466. The fourth-order valence-corrected chi connectivity index (χ4v) is 2.49. The van der Waals surface area contributed by atoms with E-state index in [0.717, 1.165) is 21.8 Å². The van der Waals surface area contributed by atoms with Gasteiger partial charge in [-0.05, 0) is 37.6 Å². The van der Waals surface area contributed by atoms with Gasteiger partial charge < -0.3 is 9.84 Å². The summed E-state index contributed by atoms with van der Waals surface area (Å²) in [5, 5.41) is 9.41. The van der Waals surface area contributed by atoms with Crippen molar-refractivity contribution < 1.29 is 14.6 Å². The van der Waals surface area contributed by atoms with Crippen LogP contribution in [0.3, 0.4) is 0 Å². The molecule has 0 radical (unpaired) electrons. The molecule has 2 rings (SSSR count). The molecule has 0 bridgehead atoms. The Labute approximate surface area is 119 Å². The first-order valence-electron chi connectivity index (χ1n) is 5.63. The van der Waals surface area contributed by atoms with Crippen LogP contribution < -0.4 is 4.74 Å². The molecule has 100 valence electrons. The predicted octanol–water partition coefficient (Wildman–Crippen LogP) is 3.95. The molecule has 0 spiro atoms. The van der Waals surface area contributed by atoms with Crippen LogP contribution in [0.5, 0.6) is 5.75 Å². The zero-order valence-electron chi connectivity index (χ0n) is 10.4. The van der Waals surface area contributed by atoms with Crippen LogP contribution in [0.15, 0.2) is 24.4 Å². The SMILES string of the molecule is CC(C)Oc1ccc(-c2cnc(C(=O)O)s2)cc1Cl. The van der Waals surface area contributed by atoms with Gasteiger partial charge in [-0.2, -0.15) is 0 Å². The third-order valence-electron chi connectivity index (χ3n) is 2.27. The van der Waals surface area contributed by atoms with Crippen molar-refractivity contribution in [3.63, 3.8) is 0 Å². The summed E-state index contributed by atoms with van der Waals surface area (Å²) in [6.07, 6.45) is 1.58. The highest BCUT2D eigenvalue weighted by Gasteiger charge is 2.12. The third kappa shape index (κ3) is 3.24. The molecular formula is C13H12ClNO3S. The maximum absolute atomic E-state index is 10.8. The second kappa shape index (κ2) is 5.59. The van der Waals surface area contributed by atoms with Crippen LogP contribution in [0.4, 0.5) is 0 Å². The van der Waals surface area contributed by atoms with E-state index in [1.165, 1.54) is 6.20 Å². The fourth-order valence-electron chi connectivity index (χ4n) is 1.51. The fraction of sp³-hybridized carbons (Fsp3) is 0.231. The van der Waals surface area contributed by atoms with Gasteiger partial charge in [-0.1, -0.05) is 11.6 Å². The number of benzene rings is 1. The van der Waals surface area contributed by atoms with Crippen LogP contribution in [0.1, 0.15) is 23.6 Å². The van der Waals surface area contributed by atoms with E-state index in [2.05, 4.69) is 4.98 Å². The number of carboxylic acids is 1. The summed E-state index contributed by atoms with van der Waals surface area (Å²) in [6.45, 7) is 3.85. The summed E-state index contributed by atoms with van der Waals surface area (Å²) >= 11 is 7.25. The number of hydrogen-bond acceptors (Lipinski definition) is 4. The van der Waals surface area contributed by atoms with Gasteiger partial charge in [0.05, 0.1) is 16.0 Å². The number of rotatable bonds is 4. The molecule has 0 aliphatic rings. The molecular weight excluding hydrogens is 286 g/mol. The Morgan fingerprint density at radius 2 is 2.21 bits per heavy atom. The lowest BCUT2D eigenvalue weighted by atomic mass is 10.2. The molecule has 0 atom stereocenters. The van der Waals surface area contributed by atoms with E-state index < -0.39 is 5.97 Å². The standard InChI is InChI=1S/C13H12ClNO3S/c1-7(2)18-10-4-3-8(5-9(10)14)11-6-15-12(19-11)13(16)17/h3-7H,1-2H3,(H,16,17). The second-order valence-corrected chi connectivity index (χ2v) is 5.58. The van der Waals surface area contributed by atoms with Crippen molar-refractivity contribution >= 4 is 28.9 Å². The highest BCUT2D eigenvalue weighted by Crippen LogP contribution is 2.33. The lowest BCUT2D eigenvalue weighted by molar-refractivity contribution is 0.0696. The minimum Gasteiger partial charge on any atom is -0.489 e. The Hall–Kier alpha value is -1.59. The molecule has 0 aliphatic heterocycles. The molecule has 1 N–H and O–H groups in total. The largest absolute Gasteiger partial charge is 0.489 e. The highest BCUT2D eigenvalue weighted by molar-refractivity contribution is 7.16. The van der Waals surface area contributed by atoms with E-state index in [-0.39, 0.29) is 11.1 Å². The zero-order chi connectivity index (χ0) is 14.0. The molecule has 1 aromatic carbocycles. The summed E-state index contributed by atoms with van der Waals surface area (Å²) < 4.78 is 5.54. The topological polar surface area (TPSA) is 59.4 Å². The van der Waals surface area contributed by atoms with Gasteiger partial charge in [-0.15, -0.1) is 11.3 Å². The van der Waals surface area contributed by atoms with E-state index in [0.29, 0.717) is 10.8 Å². The van der Waals surface area contributed by atoms with Gasteiger partial charge in [0.15, 0.2) is 0 Å². The van der Waals surface area contributed by atoms with Gasteiger partial charge in [0.25, 0.3) is 0 Å². The van der Waals surface area contributed by atoms with Crippen molar-refractivity contribution in [1.82, 2.24) is 4.98 Å².